The second-order valence-electron chi connectivity index (χ2n) is 6.09. The van der Waals surface area contributed by atoms with Crippen molar-refractivity contribution in [3.05, 3.63) is 70.8 Å². The quantitative estimate of drug-likeness (QED) is 0.641. The normalized spacial score (nSPS) is 14.8. The molecular weight excluding hydrogens is 252 g/mol. The van der Waals surface area contributed by atoms with Gasteiger partial charge in [0, 0.05) is 0 Å². The molecule has 0 nitrogen and oxygen atoms in total. The Bertz CT molecular complexity index is 647. The van der Waals surface area contributed by atoms with E-state index in [1.165, 1.54) is 48.8 Å². The summed E-state index contributed by atoms with van der Waals surface area (Å²) in [5.74, 6) is 0. The molecule has 0 aliphatic heterocycles. The summed E-state index contributed by atoms with van der Waals surface area (Å²) in [7, 11) is 0. The molecule has 0 heterocycles. The van der Waals surface area contributed by atoms with Gasteiger partial charge >= 0.3 is 0 Å². The van der Waals surface area contributed by atoms with E-state index in [0.717, 1.165) is 0 Å². The van der Waals surface area contributed by atoms with E-state index in [9.17, 15) is 0 Å². The van der Waals surface area contributed by atoms with E-state index < -0.39 is 0 Å². The average Bonchev–Trinajstić information content (AvgIpc) is 2.68. The average molecular weight is 276 g/mol. The molecule has 0 heteroatoms. The highest BCUT2D eigenvalue weighted by molar-refractivity contribution is 5.92. The van der Waals surface area contributed by atoms with Crippen LogP contribution in [0.15, 0.2) is 48.5 Å². The van der Waals surface area contributed by atoms with Gasteiger partial charge < -0.3 is 0 Å². The number of hydrogen-bond acceptors (Lipinski definition) is 0. The van der Waals surface area contributed by atoms with E-state index in [1.807, 2.05) is 0 Å². The molecule has 0 N–H and O–H groups in total. The highest BCUT2D eigenvalue weighted by Crippen LogP contribution is 2.38. The Morgan fingerprint density at radius 2 is 1.76 bits per heavy atom. The van der Waals surface area contributed by atoms with Crippen LogP contribution >= 0.6 is 0 Å². The zero-order valence-corrected chi connectivity index (χ0v) is 13.2. The molecule has 0 saturated heterocycles. The molecule has 0 atom stereocenters. The Morgan fingerprint density at radius 3 is 2.52 bits per heavy atom. The van der Waals surface area contributed by atoms with Crippen molar-refractivity contribution in [2.24, 2.45) is 0 Å². The molecule has 3 rings (SSSR count). The summed E-state index contributed by atoms with van der Waals surface area (Å²) in [6, 6.07) is 18.0. The van der Waals surface area contributed by atoms with E-state index in [2.05, 4.69) is 62.4 Å². The van der Waals surface area contributed by atoms with Gasteiger partial charge in [0.25, 0.3) is 0 Å². The number of rotatable bonds is 3. The summed E-state index contributed by atoms with van der Waals surface area (Å²) < 4.78 is 0. The topological polar surface area (TPSA) is 0 Å². The van der Waals surface area contributed by atoms with Gasteiger partial charge in [0.1, 0.15) is 0 Å². The monoisotopic (exact) mass is 276 g/mol. The van der Waals surface area contributed by atoms with Crippen LogP contribution < -0.4 is 0 Å². The Labute approximate surface area is 128 Å². The molecule has 2 aromatic carbocycles. The van der Waals surface area contributed by atoms with Gasteiger partial charge in [-0.25, -0.2) is 0 Å². The second kappa shape index (κ2) is 6.30. The minimum absolute atomic E-state index is 1.18. The van der Waals surface area contributed by atoms with Crippen molar-refractivity contribution in [3.8, 4) is 0 Å². The van der Waals surface area contributed by atoms with Gasteiger partial charge in [0.2, 0.25) is 0 Å². The maximum atomic E-state index is 2.39. The van der Waals surface area contributed by atoms with E-state index in [4.69, 9.17) is 0 Å². The third kappa shape index (κ3) is 2.95. The third-order valence-corrected chi connectivity index (χ3v) is 4.45. The van der Waals surface area contributed by atoms with Crippen LogP contribution in [-0.4, -0.2) is 0 Å². The van der Waals surface area contributed by atoms with Gasteiger partial charge in [-0.05, 0) is 60.4 Å². The molecule has 0 saturated carbocycles. The summed E-state index contributed by atoms with van der Waals surface area (Å²) in [4.78, 5) is 0. The molecule has 0 radical (unpaired) electrons. The smallest absolute Gasteiger partial charge is 0.0189 e. The van der Waals surface area contributed by atoms with E-state index in [-0.39, 0.29) is 0 Å². The summed E-state index contributed by atoms with van der Waals surface area (Å²) >= 11 is 0. The Balaban J connectivity index is 2.18. The molecule has 0 fully saturated rings. The highest BCUT2D eigenvalue weighted by atomic mass is 14.2. The van der Waals surface area contributed by atoms with E-state index in [1.54, 1.807) is 16.7 Å². The largest absolute Gasteiger partial charge is 0.0651 e. The zero-order chi connectivity index (χ0) is 14.7. The number of fused-ring (bicyclic) bond motifs is 1. The minimum Gasteiger partial charge on any atom is -0.0651 e. The van der Waals surface area contributed by atoms with Crippen LogP contribution in [-0.2, 0) is 6.42 Å². The molecule has 1 aliphatic carbocycles. The fraction of sp³-hybridized carbons (Fsp3) is 0.333. The number of hydrogen-bond donors (Lipinski definition) is 0. The van der Waals surface area contributed by atoms with Crippen molar-refractivity contribution < 1.29 is 0 Å². The summed E-state index contributed by atoms with van der Waals surface area (Å²) in [5.41, 5.74) is 8.99. The van der Waals surface area contributed by atoms with E-state index >= 15 is 0 Å². The van der Waals surface area contributed by atoms with Crippen molar-refractivity contribution in [1.29, 1.82) is 0 Å². The van der Waals surface area contributed by atoms with Crippen LogP contribution in [0.1, 0.15) is 54.9 Å². The van der Waals surface area contributed by atoms with Gasteiger partial charge in [-0.3, -0.25) is 0 Å². The number of aryl methyl sites for hydroxylation is 2. The van der Waals surface area contributed by atoms with Crippen LogP contribution in [0.4, 0.5) is 0 Å². The van der Waals surface area contributed by atoms with Crippen LogP contribution in [0.25, 0.3) is 11.1 Å². The lowest BCUT2D eigenvalue weighted by Crippen LogP contribution is -1.94. The maximum absolute atomic E-state index is 2.39. The van der Waals surface area contributed by atoms with Crippen LogP contribution in [0.3, 0.4) is 0 Å². The van der Waals surface area contributed by atoms with Gasteiger partial charge in [-0.2, -0.15) is 0 Å². The van der Waals surface area contributed by atoms with Crippen molar-refractivity contribution in [2.45, 2.75) is 46.0 Å². The molecule has 108 valence electrons. The van der Waals surface area contributed by atoms with Crippen LogP contribution in [0.2, 0.25) is 0 Å². The molecule has 0 amide bonds. The molecule has 0 bridgehead atoms. The van der Waals surface area contributed by atoms with Crippen LogP contribution in [0.5, 0.6) is 0 Å². The molecule has 0 unspecified atom stereocenters. The minimum atomic E-state index is 1.18. The van der Waals surface area contributed by atoms with Crippen molar-refractivity contribution >= 4 is 11.1 Å². The Morgan fingerprint density at radius 1 is 0.952 bits per heavy atom. The lowest BCUT2D eigenvalue weighted by atomic mass is 9.89. The maximum Gasteiger partial charge on any atom is -0.0189 e. The first-order chi connectivity index (χ1) is 10.3. The standard InChI is InChI=1S/C21H24/c1-3-8-21-19(17-9-5-4-6-10-17)12-7-11-18-15-16(2)13-14-20(18)21/h4-6,9-10,13-15H,3,7-8,11-12H2,1-2H3. The zero-order valence-electron chi connectivity index (χ0n) is 13.2. The fourth-order valence-electron chi connectivity index (χ4n) is 3.49. The second-order valence-corrected chi connectivity index (χ2v) is 6.09. The SMILES string of the molecule is CCCC1=C(c2ccccc2)CCCc2cc(C)ccc21. The van der Waals surface area contributed by atoms with Gasteiger partial charge in [-0.1, -0.05) is 67.4 Å². The van der Waals surface area contributed by atoms with Crippen molar-refractivity contribution in [3.63, 3.8) is 0 Å². The first-order valence-corrected chi connectivity index (χ1v) is 8.17. The summed E-state index contributed by atoms with van der Waals surface area (Å²) in [6.45, 7) is 4.49. The molecular formula is C21H24. The predicted molar refractivity (Wildman–Crippen MR) is 92.3 cm³/mol. The first kappa shape index (κ1) is 14.1. The summed E-state index contributed by atoms with van der Waals surface area (Å²) in [6.07, 6.45) is 6.06. The lowest BCUT2D eigenvalue weighted by molar-refractivity contribution is 0.859. The molecule has 0 aromatic heterocycles. The van der Waals surface area contributed by atoms with Gasteiger partial charge in [0.15, 0.2) is 0 Å². The first-order valence-electron chi connectivity index (χ1n) is 8.17. The van der Waals surface area contributed by atoms with Gasteiger partial charge in [-0.15, -0.1) is 0 Å². The number of benzene rings is 2. The Kier molecular flexibility index (Phi) is 4.24. The third-order valence-electron chi connectivity index (χ3n) is 4.45. The van der Waals surface area contributed by atoms with Gasteiger partial charge in [0.05, 0.1) is 0 Å². The van der Waals surface area contributed by atoms with Crippen LogP contribution in [0, 0.1) is 6.92 Å². The predicted octanol–water partition coefficient (Wildman–Crippen LogP) is 6.04. The molecule has 1 aliphatic rings. The molecule has 21 heavy (non-hydrogen) atoms. The number of allylic oxidation sites excluding steroid dienone is 2. The molecule has 0 spiro atoms. The lowest BCUT2D eigenvalue weighted by Gasteiger charge is -2.15. The Hall–Kier alpha value is -1.82. The summed E-state index contributed by atoms with van der Waals surface area (Å²) in [5, 5.41) is 0. The fourth-order valence-corrected chi connectivity index (χ4v) is 3.49. The molecule has 2 aromatic rings. The van der Waals surface area contributed by atoms with Crippen molar-refractivity contribution in [1.82, 2.24) is 0 Å². The highest BCUT2D eigenvalue weighted by Gasteiger charge is 2.17. The van der Waals surface area contributed by atoms with E-state index in [0.29, 0.717) is 0 Å². The van der Waals surface area contributed by atoms with Crippen molar-refractivity contribution in [2.75, 3.05) is 0 Å².